The fourth-order valence-corrected chi connectivity index (χ4v) is 6.12. The molecule has 2 heteroatoms. The van der Waals surface area contributed by atoms with Crippen LogP contribution < -0.4 is 0 Å². The minimum atomic E-state index is 0.293. The largest absolute Gasteiger partial charge is 0.501 e. The van der Waals surface area contributed by atoms with Crippen molar-refractivity contribution in [1.82, 2.24) is 0 Å². The van der Waals surface area contributed by atoms with E-state index in [0.29, 0.717) is 12.0 Å². The van der Waals surface area contributed by atoms with Crippen molar-refractivity contribution in [3.8, 4) is 0 Å². The van der Waals surface area contributed by atoms with Crippen LogP contribution in [0, 0.1) is 23.2 Å². The average Bonchev–Trinajstić information content (AvgIpc) is 2.98. The molecule has 0 aliphatic heterocycles. The normalized spacial score (nSPS) is 42.0. The van der Waals surface area contributed by atoms with Crippen LogP contribution in [-0.4, -0.2) is 18.8 Å². The first kappa shape index (κ1) is 13.9. The minimum Gasteiger partial charge on any atom is -0.501 e. The summed E-state index contributed by atoms with van der Waals surface area (Å²) in [4.78, 5) is 0. The molecule has 4 rings (SSSR count). The lowest BCUT2D eigenvalue weighted by molar-refractivity contribution is -0.0146. The maximum absolute atomic E-state index is 10.0. The summed E-state index contributed by atoms with van der Waals surface area (Å²) in [6, 6.07) is 0. The zero-order valence-electron chi connectivity index (χ0n) is 13.2. The standard InChI is InChI=1S/C19H28O2/c1-21-14-5-7-15-13(11-14)4-6-17-16(15)8-10-19(12-20)9-2-3-18(17)19/h5,16-18,20H,2-4,6-12H2,1H3/t16-,17-,18+,19+/m1/s1. The Morgan fingerprint density at radius 1 is 1.29 bits per heavy atom. The molecule has 0 heterocycles. The van der Waals surface area contributed by atoms with Crippen LogP contribution in [0.4, 0.5) is 0 Å². The lowest BCUT2D eigenvalue weighted by Gasteiger charge is -2.51. The highest BCUT2D eigenvalue weighted by Gasteiger charge is 2.52. The number of hydrogen-bond acceptors (Lipinski definition) is 2. The van der Waals surface area contributed by atoms with Crippen LogP contribution in [0.5, 0.6) is 0 Å². The van der Waals surface area contributed by atoms with Gasteiger partial charge in [0.15, 0.2) is 0 Å². The molecule has 2 nitrogen and oxygen atoms in total. The Hall–Kier alpha value is -0.760. The molecule has 0 unspecified atom stereocenters. The van der Waals surface area contributed by atoms with E-state index >= 15 is 0 Å². The Morgan fingerprint density at radius 2 is 2.19 bits per heavy atom. The zero-order valence-corrected chi connectivity index (χ0v) is 13.2. The lowest BCUT2D eigenvalue weighted by atomic mass is 9.54. The summed E-state index contributed by atoms with van der Waals surface area (Å²) in [5, 5.41) is 10.0. The fraction of sp³-hybridized carbons (Fsp3) is 0.789. The summed E-state index contributed by atoms with van der Waals surface area (Å²) in [7, 11) is 1.80. The van der Waals surface area contributed by atoms with Gasteiger partial charge in [0.2, 0.25) is 0 Å². The van der Waals surface area contributed by atoms with Crippen LogP contribution >= 0.6 is 0 Å². The molecule has 0 radical (unpaired) electrons. The van der Waals surface area contributed by atoms with Crippen molar-refractivity contribution < 1.29 is 9.84 Å². The molecule has 2 fully saturated rings. The lowest BCUT2D eigenvalue weighted by Crippen LogP contribution is -2.44. The summed E-state index contributed by atoms with van der Waals surface area (Å²) >= 11 is 0. The van der Waals surface area contributed by atoms with Gasteiger partial charge in [-0.05, 0) is 74.2 Å². The minimum absolute atomic E-state index is 0.293. The monoisotopic (exact) mass is 288 g/mol. The maximum atomic E-state index is 10.0. The Kier molecular flexibility index (Phi) is 3.40. The highest BCUT2D eigenvalue weighted by Crippen LogP contribution is 2.61. The van der Waals surface area contributed by atoms with Crippen molar-refractivity contribution in [1.29, 1.82) is 0 Å². The molecule has 4 aliphatic carbocycles. The summed E-state index contributed by atoms with van der Waals surface area (Å²) in [6.45, 7) is 0.431. The maximum Gasteiger partial charge on any atom is 0.0959 e. The Morgan fingerprint density at radius 3 is 3.00 bits per heavy atom. The van der Waals surface area contributed by atoms with Crippen LogP contribution in [-0.2, 0) is 4.74 Å². The Balaban J connectivity index is 1.60. The van der Waals surface area contributed by atoms with Crippen LogP contribution in [0.3, 0.4) is 0 Å². The van der Waals surface area contributed by atoms with E-state index in [-0.39, 0.29) is 0 Å². The van der Waals surface area contributed by atoms with Gasteiger partial charge in [0.1, 0.15) is 0 Å². The van der Waals surface area contributed by atoms with Gasteiger partial charge in [-0.1, -0.05) is 17.6 Å². The Labute approximate surface area is 128 Å². The molecule has 0 spiro atoms. The molecule has 2 saturated carbocycles. The number of fused-ring (bicyclic) bond motifs is 4. The molecule has 4 aliphatic rings. The number of aliphatic hydroxyl groups is 1. The van der Waals surface area contributed by atoms with Gasteiger partial charge in [-0.25, -0.2) is 0 Å². The number of aliphatic hydroxyl groups excluding tert-OH is 1. The smallest absolute Gasteiger partial charge is 0.0959 e. The van der Waals surface area contributed by atoms with E-state index in [0.717, 1.165) is 30.6 Å². The van der Waals surface area contributed by atoms with E-state index in [9.17, 15) is 5.11 Å². The van der Waals surface area contributed by atoms with Crippen molar-refractivity contribution >= 4 is 0 Å². The molecular formula is C19H28O2. The SMILES string of the molecule is COC1=CCC2=C(CC[C@@H]3[C@@H]2CC[C@]2(CO)CCC[C@@H]32)C1. The molecule has 0 bridgehead atoms. The van der Waals surface area contributed by atoms with Gasteiger partial charge in [0.05, 0.1) is 12.9 Å². The third kappa shape index (κ3) is 2.02. The molecule has 0 amide bonds. The topological polar surface area (TPSA) is 29.5 Å². The Bertz CT molecular complexity index is 490. The van der Waals surface area contributed by atoms with E-state index in [1.54, 1.807) is 18.3 Å². The highest BCUT2D eigenvalue weighted by atomic mass is 16.5. The first-order chi connectivity index (χ1) is 10.3. The number of ether oxygens (including phenoxy) is 1. The summed E-state index contributed by atoms with van der Waals surface area (Å²) in [6.07, 6.45) is 13.7. The van der Waals surface area contributed by atoms with Crippen LogP contribution in [0.1, 0.15) is 57.8 Å². The van der Waals surface area contributed by atoms with E-state index in [1.807, 2.05) is 0 Å². The number of hydrogen-bond donors (Lipinski definition) is 1. The second-order valence-electron chi connectivity index (χ2n) is 7.75. The van der Waals surface area contributed by atoms with Crippen molar-refractivity contribution in [3.63, 3.8) is 0 Å². The molecule has 0 aromatic carbocycles. The van der Waals surface area contributed by atoms with Gasteiger partial charge in [-0.3, -0.25) is 0 Å². The van der Waals surface area contributed by atoms with Gasteiger partial charge in [-0.2, -0.15) is 0 Å². The van der Waals surface area contributed by atoms with Gasteiger partial charge >= 0.3 is 0 Å². The molecular weight excluding hydrogens is 260 g/mol. The van der Waals surface area contributed by atoms with E-state index in [2.05, 4.69) is 6.08 Å². The van der Waals surface area contributed by atoms with Gasteiger partial charge < -0.3 is 9.84 Å². The van der Waals surface area contributed by atoms with Crippen molar-refractivity contribution in [2.45, 2.75) is 57.8 Å². The summed E-state index contributed by atoms with van der Waals surface area (Å²) < 4.78 is 5.47. The van der Waals surface area contributed by atoms with Gasteiger partial charge in [0.25, 0.3) is 0 Å². The average molecular weight is 288 g/mol. The van der Waals surface area contributed by atoms with Crippen molar-refractivity contribution in [2.75, 3.05) is 13.7 Å². The van der Waals surface area contributed by atoms with E-state index < -0.39 is 0 Å². The van der Waals surface area contributed by atoms with Crippen LogP contribution in [0.2, 0.25) is 0 Å². The van der Waals surface area contributed by atoms with Crippen molar-refractivity contribution in [3.05, 3.63) is 23.0 Å². The van der Waals surface area contributed by atoms with E-state index in [1.165, 1.54) is 50.7 Å². The zero-order chi connectivity index (χ0) is 14.4. The molecule has 1 N–H and O–H groups in total. The highest BCUT2D eigenvalue weighted by molar-refractivity contribution is 5.32. The predicted molar refractivity (Wildman–Crippen MR) is 83.7 cm³/mol. The third-order valence-corrected chi connectivity index (χ3v) is 7.16. The molecule has 116 valence electrons. The summed E-state index contributed by atoms with van der Waals surface area (Å²) in [5.41, 5.74) is 3.73. The first-order valence-electron chi connectivity index (χ1n) is 8.82. The molecule has 4 atom stereocenters. The fourth-order valence-electron chi connectivity index (χ4n) is 6.12. The summed E-state index contributed by atoms with van der Waals surface area (Å²) in [5.74, 6) is 3.63. The molecule has 21 heavy (non-hydrogen) atoms. The number of rotatable bonds is 2. The second kappa shape index (κ2) is 5.15. The molecule has 0 aromatic heterocycles. The first-order valence-corrected chi connectivity index (χ1v) is 8.82. The van der Waals surface area contributed by atoms with Gasteiger partial charge in [0, 0.05) is 13.0 Å². The molecule has 0 aromatic rings. The van der Waals surface area contributed by atoms with Crippen molar-refractivity contribution in [2.24, 2.45) is 23.2 Å². The quantitative estimate of drug-likeness (QED) is 0.771. The third-order valence-electron chi connectivity index (χ3n) is 7.16. The molecule has 0 saturated heterocycles. The number of methoxy groups -OCH3 is 1. The van der Waals surface area contributed by atoms with Crippen LogP contribution in [0.15, 0.2) is 23.0 Å². The second-order valence-corrected chi connectivity index (χ2v) is 7.75. The van der Waals surface area contributed by atoms with Gasteiger partial charge in [-0.15, -0.1) is 0 Å². The van der Waals surface area contributed by atoms with Crippen LogP contribution in [0.25, 0.3) is 0 Å². The number of allylic oxidation sites excluding steroid dienone is 3. The predicted octanol–water partition coefficient (Wildman–Crippen LogP) is 4.21. The van der Waals surface area contributed by atoms with E-state index in [4.69, 9.17) is 4.74 Å².